The van der Waals surface area contributed by atoms with Crippen LogP contribution in [0.5, 0.6) is 0 Å². The first-order valence-electron chi connectivity index (χ1n) is 13.0. The molecule has 4 heterocycles. The van der Waals surface area contributed by atoms with Gasteiger partial charge in [-0.05, 0) is 50.2 Å². The fraction of sp³-hybridized carbons (Fsp3) is 0.481. The second-order valence-corrected chi connectivity index (χ2v) is 10.2. The summed E-state index contributed by atoms with van der Waals surface area (Å²) in [6.45, 7) is 2.08. The van der Waals surface area contributed by atoms with Crippen LogP contribution in [0, 0.1) is 0 Å². The Kier molecular flexibility index (Phi) is 6.12. The van der Waals surface area contributed by atoms with Crippen LogP contribution < -0.4 is 4.90 Å². The second-order valence-electron chi connectivity index (χ2n) is 10.2. The second kappa shape index (κ2) is 9.46. The molecule has 0 N–H and O–H groups in total. The fourth-order valence-corrected chi connectivity index (χ4v) is 5.92. The number of carbonyl (C=O) groups excluding carboxylic acids is 1. The Balaban J connectivity index is 1.25. The van der Waals surface area contributed by atoms with E-state index >= 15 is 0 Å². The van der Waals surface area contributed by atoms with Gasteiger partial charge in [-0.3, -0.25) is 14.5 Å². The standard InChI is InChI=1S/C27H29F3N6O/c28-27(29,30)22-5-2-1-4-20(22)23-6-3-13-35(23)26(37)21-16-33-36(25(21)18-7-8-18)19-9-14-34(15-10-19)24-17-31-11-12-32-24/h1-2,4-5,11-12,16-19,23H,3,6-10,13-15H2. The first-order valence-corrected chi connectivity index (χ1v) is 13.0. The zero-order chi connectivity index (χ0) is 25.6. The predicted octanol–water partition coefficient (Wildman–Crippen LogP) is 5.39. The summed E-state index contributed by atoms with van der Waals surface area (Å²) in [5.41, 5.74) is 1.03. The van der Waals surface area contributed by atoms with Crippen LogP contribution in [0.1, 0.15) is 83.7 Å². The molecule has 1 aromatic carbocycles. The number of aromatic nitrogens is 4. The van der Waals surface area contributed by atoms with Gasteiger partial charge in [0.15, 0.2) is 0 Å². The molecule has 194 valence electrons. The van der Waals surface area contributed by atoms with Crippen LogP contribution in [0.3, 0.4) is 0 Å². The van der Waals surface area contributed by atoms with E-state index < -0.39 is 17.8 Å². The van der Waals surface area contributed by atoms with E-state index in [2.05, 4.69) is 20.0 Å². The average molecular weight is 511 g/mol. The van der Waals surface area contributed by atoms with Gasteiger partial charge in [0, 0.05) is 37.9 Å². The van der Waals surface area contributed by atoms with Crippen molar-refractivity contribution in [2.75, 3.05) is 24.5 Å². The minimum atomic E-state index is -4.46. The normalized spacial score (nSPS) is 21.0. The van der Waals surface area contributed by atoms with Gasteiger partial charge in [0.1, 0.15) is 5.82 Å². The lowest BCUT2D eigenvalue weighted by atomic mass is 9.97. The maximum absolute atomic E-state index is 13.8. The molecule has 2 aromatic heterocycles. The van der Waals surface area contributed by atoms with Crippen LogP contribution in [0.4, 0.5) is 19.0 Å². The summed E-state index contributed by atoms with van der Waals surface area (Å²) < 4.78 is 43.3. The third kappa shape index (κ3) is 4.57. The minimum absolute atomic E-state index is 0.172. The number of hydrogen-bond donors (Lipinski definition) is 0. The van der Waals surface area contributed by atoms with Gasteiger partial charge in [0.25, 0.3) is 5.91 Å². The predicted molar refractivity (Wildman–Crippen MR) is 131 cm³/mol. The molecule has 0 bridgehead atoms. The Morgan fingerprint density at radius 2 is 1.73 bits per heavy atom. The highest BCUT2D eigenvalue weighted by molar-refractivity contribution is 5.96. The number of amides is 1. The number of hydrogen-bond acceptors (Lipinski definition) is 5. The molecule has 7 nitrogen and oxygen atoms in total. The molecule has 1 amide bonds. The molecule has 1 aliphatic carbocycles. The largest absolute Gasteiger partial charge is 0.416 e. The van der Waals surface area contributed by atoms with Crippen molar-refractivity contribution in [3.8, 4) is 0 Å². The number of anilines is 1. The number of halogens is 3. The number of nitrogens with zero attached hydrogens (tertiary/aromatic N) is 6. The molecular formula is C27H29F3N6O. The highest BCUT2D eigenvalue weighted by Crippen LogP contribution is 2.45. The van der Waals surface area contributed by atoms with Crippen molar-refractivity contribution in [2.24, 2.45) is 0 Å². The Bertz CT molecular complexity index is 1260. The monoisotopic (exact) mass is 510 g/mol. The average Bonchev–Trinajstić information content (AvgIpc) is 3.46. The van der Waals surface area contributed by atoms with Crippen LogP contribution in [0.15, 0.2) is 49.1 Å². The van der Waals surface area contributed by atoms with Crippen molar-refractivity contribution in [1.82, 2.24) is 24.6 Å². The zero-order valence-corrected chi connectivity index (χ0v) is 20.4. The smallest absolute Gasteiger partial charge is 0.355 e. The third-order valence-corrected chi connectivity index (χ3v) is 7.85. The van der Waals surface area contributed by atoms with Crippen molar-refractivity contribution in [1.29, 1.82) is 0 Å². The van der Waals surface area contributed by atoms with E-state index in [1.165, 1.54) is 12.1 Å². The van der Waals surface area contributed by atoms with Crippen molar-refractivity contribution in [2.45, 2.75) is 62.7 Å². The zero-order valence-electron chi connectivity index (χ0n) is 20.4. The van der Waals surface area contributed by atoms with Gasteiger partial charge in [0.05, 0.1) is 41.3 Å². The number of rotatable bonds is 5. The molecule has 1 atom stereocenters. The molecule has 3 aliphatic rings. The molecule has 0 spiro atoms. The van der Waals surface area contributed by atoms with Crippen molar-refractivity contribution in [3.63, 3.8) is 0 Å². The van der Waals surface area contributed by atoms with E-state index in [4.69, 9.17) is 0 Å². The Morgan fingerprint density at radius 3 is 2.43 bits per heavy atom. The molecule has 6 rings (SSSR count). The summed E-state index contributed by atoms with van der Waals surface area (Å²) in [6, 6.07) is 5.22. The highest BCUT2D eigenvalue weighted by atomic mass is 19.4. The van der Waals surface area contributed by atoms with E-state index in [9.17, 15) is 18.0 Å². The van der Waals surface area contributed by atoms with E-state index in [1.807, 2.05) is 4.68 Å². The molecule has 2 aliphatic heterocycles. The number of benzene rings is 1. The third-order valence-electron chi connectivity index (χ3n) is 7.85. The molecule has 1 unspecified atom stereocenters. The lowest BCUT2D eigenvalue weighted by Crippen LogP contribution is -2.36. The molecule has 37 heavy (non-hydrogen) atoms. The summed E-state index contributed by atoms with van der Waals surface area (Å²) in [5, 5.41) is 4.69. The molecule has 2 saturated heterocycles. The SMILES string of the molecule is O=C(c1cnn(C2CCN(c3cnccn3)CC2)c1C1CC1)N1CCCC1c1ccccc1C(F)(F)F. The maximum Gasteiger partial charge on any atom is 0.416 e. The van der Waals surface area contributed by atoms with E-state index in [0.717, 1.165) is 56.4 Å². The molecule has 0 radical (unpaired) electrons. The van der Waals surface area contributed by atoms with Gasteiger partial charge in [-0.2, -0.15) is 18.3 Å². The van der Waals surface area contributed by atoms with E-state index in [1.54, 1.807) is 35.8 Å². The van der Waals surface area contributed by atoms with Gasteiger partial charge in [-0.25, -0.2) is 4.98 Å². The lowest BCUT2D eigenvalue weighted by molar-refractivity contribution is -0.138. The van der Waals surface area contributed by atoms with Crippen molar-refractivity contribution >= 4 is 11.7 Å². The lowest BCUT2D eigenvalue weighted by Gasteiger charge is -2.33. The van der Waals surface area contributed by atoms with Gasteiger partial charge in [-0.15, -0.1) is 0 Å². The maximum atomic E-state index is 13.8. The van der Waals surface area contributed by atoms with Crippen LogP contribution >= 0.6 is 0 Å². The molecule has 10 heteroatoms. The summed E-state index contributed by atoms with van der Waals surface area (Å²) in [5.74, 6) is 0.937. The molecule has 3 aromatic rings. The van der Waals surface area contributed by atoms with Crippen molar-refractivity contribution < 1.29 is 18.0 Å². The summed E-state index contributed by atoms with van der Waals surface area (Å²) in [4.78, 5) is 26.3. The molecular weight excluding hydrogens is 481 g/mol. The Labute approximate surface area is 213 Å². The Morgan fingerprint density at radius 1 is 0.946 bits per heavy atom. The molecule has 3 fully saturated rings. The first-order chi connectivity index (χ1) is 17.9. The van der Waals surface area contributed by atoms with Gasteiger partial charge in [0.2, 0.25) is 0 Å². The van der Waals surface area contributed by atoms with Crippen LogP contribution in [-0.2, 0) is 6.18 Å². The number of carbonyl (C=O) groups is 1. The van der Waals surface area contributed by atoms with Gasteiger partial charge in [-0.1, -0.05) is 18.2 Å². The molecule has 1 saturated carbocycles. The van der Waals surface area contributed by atoms with E-state index in [0.29, 0.717) is 24.9 Å². The van der Waals surface area contributed by atoms with Crippen LogP contribution in [0.25, 0.3) is 0 Å². The highest BCUT2D eigenvalue weighted by Gasteiger charge is 2.41. The van der Waals surface area contributed by atoms with Crippen molar-refractivity contribution in [3.05, 3.63) is 71.4 Å². The first kappa shape index (κ1) is 23.9. The topological polar surface area (TPSA) is 67.2 Å². The van der Waals surface area contributed by atoms with Gasteiger partial charge >= 0.3 is 6.18 Å². The fourth-order valence-electron chi connectivity index (χ4n) is 5.92. The number of piperidine rings is 1. The van der Waals surface area contributed by atoms with Gasteiger partial charge < -0.3 is 9.80 Å². The summed E-state index contributed by atoms with van der Waals surface area (Å²) in [6.07, 6.45) is 7.26. The van der Waals surface area contributed by atoms with Crippen LogP contribution in [0.2, 0.25) is 0 Å². The quantitative estimate of drug-likeness (QED) is 0.461. The number of likely N-dealkylation sites (tertiary alicyclic amines) is 1. The Hall–Kier alpha value is -3.43. The van der Waals surface area contributed by atoms with E-state index in [-0.39, 0.29) is 23.4 Å². The summed E-state index contributed by atoms with van der Waals surface area (Å²) in [7, 11) is 0. The minimum Gasteiger partial charge on any atom is -0.355 e. The number of alkyl halides is 3. The van der Waals surface area contributed by atoms with Crippen LogP contribution in [-0.4, -0.2) is 50.2 Å². The summed E-state index contributed by atoms with van der Waals surface area (Å²) >= 11 is 0.